The van der Waals surface area contributed by atoms with Crippen LogP contribution in [0.2, 0.25) is 0 Å². The molecule has 0 amide bonds. The minimum atomic E-state index is 0.564. The Morgan fingerprint density at radius 1 is 1.45 bits per heavy atom. The van der Waals surface area contributed by atoms with E-state index in [2.05, 4.69) is 45.0 Å². The van der Waals surface area contributed by atoms with E-state index >= 15 is 0 Å². The molecule has 1 aromatic carbocycles. The number of imidazole rings is 1. The van der Waals surface area contributed by atoms with Gasteiger partial charge in [0.2, 0.25) is 0 Å². The van der Waals surface area contributed by atoms with Crippen molar-refractivity contribution in [2.75, 3.05) is 12.1 Å². The van der Waals surface area contributed by atoms with Crippen LogP contribution in [0.5, 0.6) is 0 Å². The molecule has 3 rings (SSSR count). The molecule has 2 atom stereocenters. The summed E-state index contributed by atoms with van der Waals surface area (Å²) in [6.45, 7) is 0. The molecular formula is C15H18BrClN2S. The van der Waals surface area contributed by atoms with E-state index in [1.54, 1.807) is 0 Å². The van der Waals surface area contributed by atoms with E-state index in [0.717, 1.165) is 22.2 Å². The maximum absolute atomic E-state index is 5.98. The third-order valence-corrected chi connectivity index (χ3v) is 5.93. The van der Waals surface area contributed by atoms with E-state index in [9.17, 15) is 0 Å². The predicted molar refractivity (Wildman–Crippen MR) is 92.0 cm³/mol. The van der Waals surface area contributed by atoms with Crippen LogP contribution in [-0.2, 0) is 6.42 Å². The smallest absolute Gasteiger partial charge is 0.111 e. The summed E-state index contributed by atoms with van der Waals surface area (Å²) >= 11 is 11.5. The molecular weight excluding hydrogens is 356 g/mol. The minimum Gasteiger partial charge on any atom is -0.324 e. The Labute approximate surface area is 137 Å². The van der Waals surface area contributed by atoms with E-state index in [4.69, 9.17) is 16.6 Å². The fraction of sp³-hybridized carbons (Fsp3) is 0.533. The number of nitrogens with zero attached hydrogens (tertiary/aromatic N) is 2. The highest BCUT2D eigenvalue weighted by Gasteiger charge is 2.30. The number of alkyl halides is 1. The van der Waals surface area contributed by atoms with E-state index in [0.29, 0.717) is 17.2 Å². The lowest BCUT2D eigenvalue weighted by Gasteiger charge is -2.22. The van der Waals surface area contributed by atoms with Gasteiger partial charge in [-0.1, -0.05) is 22.4 Å². The average molecular weight is 374 g/mol. The van der Waals surface area contributed by atoms with Crippen LogP contribution in [0, 0.1) is 0 Å². The second-order valence-electron chi connectivity index (χ2n) is 5.24. The molecule has 0 aliphatic heterocycles. The van der Waals surface area contributed by atoms with Gasteiger partial charge in [-0.05, 0) is 37.3 Å². The fourth-order valence-electron chi connectivity index (χ4n) is 3.23. The maximum Gasteiger partial charge on any atom is 0.111 e. The Morgan fingerprint density at radius 3 is 3.05 bits per heavy atom. The predicted octanol–water partition coefficient (Wildman–Crippen LogP) is 5.04. The van der Waals surface area contributed by atoms with Crippen LogP contribution in [0.25, 0.3) is 11.0 Å². The van der Waals surface area contributed by atoms with E-state index < -0.39 is 0 Å². The number of aromatic nitrogens is 2. The first-order chi connectivity index (χ1) is 9.74. The monoisotopic (exact) mass is 372 g/mol. The second-order valence-corrected chi connectivity index (χ2v) is 7.61. The first-order valence-electron chi connectivity index (χ1n) is 6.99. The molecule has 0 N–H and O–H groups in total. The first-order valence-corrected chi connectivity index (χ1v) is 9.61. The molecule has 5 heteroatoms. The molecule has 1 fully saturated rings. The van der Waals surface area contributed by atoms with Crippen LogP contribution in [0.15, 0.2) is 22.7 Å². The quantitative estimate of drug-likeness (QED) is 0.699. The van der Waals surface area contributed by atoms with Crippen LogP contribution in [0.4, 0.5) is 0 Å². The van der Waals surface area contributed by atoms with Crippen LogP contribution >= 0.6 is 39.3 Å². The van der Waals surface area contributed by atoms with Crippen LogP contribution in [0.1, 0.15) is 31.1 Å². The Bertz CT molecular complexity index is 613. The third-order valence-electron chi connectivity index (χ3n) is 4.09. The van der Waals surface area contributed by atoms with Crippen molar-refractivity contribution in [3.05, 3.63) is 28.5 Å². The van der Waals surface area contributed by atoms with Gasteiger partial charge in [-0.3, -0.25) is 0 Å². The standard InChI is InChI=1S/C15H18BrClN2S/c1-20-14-4-2-3-13(14)19-12-6-5-10(16)9-11(12)18-15(19)7-8-17/h5-6,9,13-14H,2-4,7-8H2,1H3. The Balaban J connectivity index is 2.13. The summed E-state index contributed by atoms with van der Waals surface area (Å²) in [5.74, 6) is 1.76. The largest absolute Gasteiger partial charge is 0.324 e. The number of aryl methyl sites for hydroxylation is 1. The average Bonchev–Trinajstić information content (AvgIpc) is 3.01. The number of rotatable bonds is 4. The lowest BCUT2D eigenvalue weighted by molar-refractivity contribution is 0.522. The first kappa shape index (κ1) is 14.7. The Morgan fingerprint density at radius 2 is 2.30 bits per heavy atom. The lowest BCUT2D eigenvalue weighted by atomic mass is 10.2. The summed E-state index contributed by atoms with van der Waals surface area (Å²) in [7, 11) is 0. The minimum absolute atomic E-state index is 0.564. The van der Waals surface area contributed by atoms with Gasteiger partial charge in [0.15, 0.2) is 0 Å². The van der Waals surface area contributed by atoms with Gasteiger partial charge in [0.05, 0.1) is 11.0 Å². The Hall–Kier alpha value is -0.190. The summed E-state index contributed by atoms with van der Waals surface area (Å²) in [6, 6.07) is 6.95. The van der Waals surface area contributed by atoms with Crippen molar-refractivity contribution in [1.82, 2.24) is 9.55 Å². The van der Waals surface area contributed by atoms with Crippen molar-refractivity contribution in [2.45, 2.75) is 37.0 Å². The van der Waals surface area contributed by atoms with Crippen molar-refractivity contribution in [2.24, 2.45) is 0 Å². The highest BCUT2D eigenvalue weighted by Crippen LogP contribution is 2.40. The SMILES string of the molecule is CSC1CCCC1n1c(CCCl)nc2cc(Br)ccc21. The molecule has 2 unspecified atom stereocenters. The van der Waals surface area contributed by atoms with E-state index in [1.165, 1.54) is 24.8 Å². The van der Waals surface area contributed by atoms with Crippen molar-refractivity contribution in [3.63, 3.8) is 0 Å². The number of halogens is 2. The fourth-order valence-corrected chi connectivity index (χ4v) is 4.72. The highest BCUT2D eigenvalue weighted by molar-refractivity contribution is 9.10. The van der Waals surface area contributed by atoms with Gasteiger partial charge in [-0.25, -0.2) is 4.98 Å². The van der Waals surface area contributed by atoms with Gasteiger partial charge in [0, 0.05) is 28.1 Å². The van der Waals surface area contributed by atoms with Gasteiger partial charge in [0.1, 0.15) is 5.82 Å². The number of thioether (sulfide) groups is 1. The highest BCUT2D eigenvalue weighted by atomic mass is 79.9. The van der Waals surface area contributed by atoms with Crippen molar-refractivity contribution >= 4 is 50.3 Å². The number of benzene rings is 1. The molecule has 2 aromatic rings. The Kier molecular flexibility index (Phi) is 4.63. The molecule has 108 valence electrons. The topological polar surface area (TPSA) is 17.8 Å². The molecule has 0 radical (unpaired) electrons. The van der Waals surface area contributed by atoms with Crippen molar-refractivity contribution < 1.29 is 0 Å². The molecule has 0 saturated heterocycles. The summed E-state index contributed by atoms with van der Waals surface area (Å²) in [5.41, 5.74) is 2.32. The van der Waals surface area contributed by atoms with Crippen LogP contribution in [-0.4, -0.2) is 26.9 Å². The van der Waals surface area contributed by atoms with Gasteiger partial charge in [0.25, 0.3) is 0 Å². The van der Waals surface area contributed by atoms with Gasteiger partial charge in [-0.15, -0.1) is 11.6 Å². The van der Waals surface area contributed by atoms with Crippen LogP contribution in [0.3, 0.4) is 0 Å². The van der Waals surface area contributed by atoms with Gasteiger partial charge in [-0.2, -0.15) is 11.8 Å². The van der Waals surface area contributed by atoms with Crippen molar-refractivity contribution in [1.29, 1.82) is 0 Å². The molecule has 1 heterocycles. The maximum atomic E-state index is 5.98. The number of hydrogen-bond donors (Lipinski definition) is 0. The zero-order chi connectivity index (χ0) is 14.1. The molecule has 1 aliphatic rings. The molecule has 20 heavy (non-hydrogen) atoms. The molecule has 2 nitrogen and oxygen atoms in total. The number of fused-ring (bicyclic) bond motifs is 1. The zero-order valence-electron chi connectivity index (χ0n) is 11.5. The van der Waals surface area contributed by atoms with Gasteiger partial charge < -0.3 is 4.57 Å². The molecule has 0 bridgehead atoms. The third kappa shape index (κ3) is 2.62. The molecule has 1 saturated carbocycles. The summed E-state index contributed by atoms with van der Waals surface area (Å²) in [5, 5.41) is 0.699. The lowest BCUT2D eigenvalue weighted by Crippen LogP contribution is -2.18. The van der Waals surface area contributed by atoms with E-state index in [-0.39, 0.29) is 0 Å². The zero-order valence-corrected chi connectivity index (χ0v) is 14.6. The molecule has 1 aromatic heterocycles. The van der Waals surface area contributed by atoms with Crippen LogP contribution < -0.4 is 0 Å². The normalized spacial score (nSPS) is 22.8. The van der Waals surface area contributed by atoms with Gasteiger partial charge >= 0.3 is 0 Å². The summed E-state index contributed by atoms with van der Waals surface area (Å²) < 4.78 is 3.54. The molecule has 1 aliphatic carbocycles. The summed E-state index contributed by atoms with van der Waals surface area (Å²) in [6.07, 6.45) is 6.93. The van der Waals surface area contributed by atoms with E-state index in [1.807, 2.05) is 11.8 Å². The van der Waals surface area contributed by atoms with Crippen molar-refractivity contribution in [3.8, 4) is 0 Å². The molecule has 0 spiro atoms. The number of hydrogen-bond acceptors (Lipinski definition) is 2. The summed E-state index contributed by atoms with van der Waals surface area (Å²) in [4.78, 5) is 4.82. The second kappa shape index (κ2) is 6.29.